The first-order chi connectivity index (χ1) is 13.5. The number of carbonyl (C=O) groups excluding carboxylic acids is 2. The molecule has 0 saturated carbocycles. The zero-order valence-electron chi connectivity index (χ0n) is 15.1. The van der Waals surface area contributed by atoms with Gasteiger partial charge >= 0.3 is 5.97 Å². The number of furan rings is 1. The highest BCUT2D eigenvalue weighted by molar-refractivity contribution is 7.92. The maximum atomic E-state index is 12.4. The second-order valence-corrected chi connectivity index (χ2v) is 7.91. The summed E-state index contributed by atoms with van der Waals surface area (Å²) in [4.78, 5) is 25.3. The summed E-state index contributed by atoms with van der Waals surface area (Å²) in [6, 6.07) is 12.1. The molecule has 0 bridgehead atoms. The van der Waals surface area contributed by atoms with E-state index in [-0.39, 0.29) is 37.8 Å². The fraction of sp³-hybridized carbons (Fsp3) is 0.263. The van der Waals surface area contributed by atoms with Crippen molar-refractivity contribution in [2.75, 3.05) is 32.8 Å². The predicted molar refractivity (Wildman–Crippen MR) is 102 cm³/mol. The Hall–Kier alpha value is -2.91. The van der Waals surface area contributed by atoms with Crippen LogP contribution in [-0.2, 0) is 19.6 Å². The lowest BCUT2D eigenvalue weighted by atomic mass is 10.2. The molecule has 0 N–H and O–H groups in total. The molecule has 2 aromatic rings. The first-order valence-corrected chi connectivity index (χ1v) is 10.2. The van der Waals surface area contributed by atoms with Crippen LogP contribution in [0.3, 0.4) is 0 Å². The molecule has 2 heterocycles. The molecule has 1 saturated heterocycles. The molecule has 1 aromatic carbocycles. The molecule has 148 valence electrons. The van der Waals surface area contributed by atoms with Crippen LogP contribution in [-0.4, -0.2) is 62.3 Å². The lowest BCUT2D eigenvalue weighted by Crippen LogP contribution is -2.51. The van der Waals surface area contributed by atoms with Gasteiger partial charge < -0.3 is 14.1 Å². The monoisotopic (exact) mass is 404 g/mol. The van der Waals surface area contributed by atoms with Gasteiger partial charge in [-0.2, -0.15) is 4.31 Å². The summed E-state index contributed by atoms with van der Waals surface area (Å²) >= 11 is 0. The Kier molecular flexibility index (Phi) is 6.27. The van der Waals surface area contributed by atoms with Crippen molar-refractivity contribution >= 4 is 28.0 Å². The van der Waals surface area contributed by atoms with Gasteiger partial charge in [-0.15, -0.1) is 0 Å². The SMILES string of the molecule is O=C(OCC(=O)N1CCN(S(=O)(=O)/C=C/c2ccccc2)CC1)c1ccco1. The normalized spacial score (nSPS) is 15.6. The maximum Gasteiger partial charge on any atom is 0.374 e. The molecule has 1 aromatic heterocycles. The van der Waals surface area contributed by atoms with E-state index in [9.17, 15) is 18.0 Å². The Labute approximate surface area is 163 Å². The average molecular weight is 404 g/mol. The molecule has 0 atom stereocenters. The van der Waals surface area contributed by atoms with Gasteiger partial charge in [-0.1, -0.05) is 30.3 Å². The average Bonchev–Trinajstić information content (AvgIpc) is 3.26. The molecule has 1 aliphatic rings. The third kappa shape index (κ3) is 5.08. The summed E-state index contributed by atoms with van der Waals surface area (Å²) in [7, 11) is -3.57. The van der Waals surface area contributed by atoms with Crippen molar-refractivity contribution in [3.63, 3.8) is 0 Å². The number of carbonyl (C=O) groups is 2. The van der Waals surface area contributed by atoms with Crippen LogP contribution in [0, 0.1) is 0 Å². The van der Waals surface area contributed by atoms with Crippen LogP contribution < -0.4 is 0 Å². The lowest BCUT2D eigenvalue weighted by Gasteiger charge is -2.33. The number of nitrogens with zero attached hydrogens (tertiary/aromatic N) is 2. The Morgan fingerprint density at radius 3 is 2.39 bits per heavy atom. The van der Waals surface area contributed by atoms with E-state index in [0.29, 0.717) is 0 Å². The van der Waals surface area contributed by atoms with E-state index in [4.69, 9.17) is 9.15 Å². The molecule has 1 aliphatic heterocycles. The highest BCUT2D eigenvalue weighted by atomic mass is 32.2. The molecule has 0 aliphatic carbocycles. The Morgan fingerprint density at radius 2 is 1.75 bits per heavy atom. The van der Waals surface area contributed by atoms with Crippen LogP contribution in [0.5, 0.6) is 0 Å². The number of hydrogen-bond acceptors (Lipinski definition) is 6. The van der Waals surface area contributed by atoms with Gasteiger partial charge in [0.15, 0.2) is 6.61 Å². The van der Waals surface area contributed by atoms with Crippen molar-refractivity contribution < 1.29 is 27.2 Å². The van der Waals surface area contributed by atoms with E-state index >= 15 is 0 Å². The number of piperazine rings is 1. The molecular formula is C19H20N2O6S. The van der Waals surface area contributed by atoms with E-state index in [0.717, 1.165) is 5.56 Å². The van der Waals surface area contributed by atoms with Gasteiger partial charge in [0.2, 0.25) is 15.8 Å². The Morgan fingerprint density at radius 1 is 1.04 bits per heavy atom. The van der Waals surface area contributed by atoms with Gasteiger partial charge in [-0.25, -0.2) is 13.2 Å². The summed E-state index contributed by atoms with van der Waals surface area (Å²) in [5, 5.41) is 1.17. The number of benzene rings is 1. The quantitative estimate of drug-likeness (QED) is 0.678. The number of hydrogen-bond donors (Lipinski definition) is 0. The molecule has 9 heteroatoms. The van der Waals surface area contributed by atoms with E-state index in [1.54, 1.807) is 12.1 Å². The summed E-state index contributed by atoms with van der Waals surface area (Å²) in [6.45, 7) is 0.407. The van der Waals surface area contributed by atoms with E-state index in [2.05, 4.69) is 0 Å². The van der Waals surface area contributed by atoms with Gasteiger partial charge in [0.25, 0.3) is 5.91 Å². The fourth-order valence-electron chi connectivity index (χ4n) is 2.69. The molecule has 8 nitrogen and oxygen atoms in total. The van der Waals surface area contributed by atoms with Crippen LogP contribution >= 0.6 is 0 Å². The van der Waals surface area contributed by atoms with Gasteiger partial charge in [0.05, 0.1) is 6.26 Å². The first-order valence-electron chi connectivity index (χ1n) is 8.67. The third-order valence-corrected chi connectivity index (χ3v) is 5.80. The molecule has 3 rings (SSSR count). The number of amides is 1. The number of sulfonamides is 1. The first kappa shape index (κ1) is 19.8. The predicted octanol–water partition coefficient (Wildman–Crippen LogP) is 1.58. The summed E-state index contributed by atoms with van der Waals surface area (Å²) < 4.78 is 36.0. The van der Waals surface area contributed by atoms with Crippen LogP contribution in [0.15, 0.2) is 58.6 Å². The number of esters is 1. The molecule has 0 radical (unpaired) electrons. The van der Waals surface area contributed by atoms with Gasteiger partial charge in [-0.05, 0) is 23.8 Å². The standard InChI is InChI=1S/C19H20N2O6S/c22-18(15-27-19(23)17-7-4-13-26-17)20-9-11-21(12-10-20)28(24,25)14-8-16-5-2-1-3-6-16/h1-8,13-14H,9-12,15H2/b14-8+. The van der Waals surface area contributed by atoms with E-state index in [1.165, 1.54) is 26.9 Å². The topological polar surface area (TPSA) is 97.1 Å². The van der Waals surface area contributed by atoms with Crippen molar-refractivity contribution in [2.45, 2.75) is 0 Å². The summed E-state index contributed by atoms with van der Waals surface area (Å²) in [6.07, 6.45) is 2.88. The van der Waals surface area contributed by atoms with Gasteiger partial charge in [0, 0.05) is 31.6 Å². The minimum atomic E-state index is -3.57. The third-order valence-electron chi connectivity index (χ3n) is 4.23. The van der Waals surface area contributed by atoms with Gasteiger partial charge in [-0.3, -0.25) is 4.79 Å². The molecule has 1 amide bonds. The number of rotatable bonds is 6. The van der Waals surface area contributed by atoms with Crippen LogP contribution in [0.25, 0.3) is 6.08 Å². The Bertz CT molecular complexity index is 930. The maximum absolute atomic E-state index is 12.4. The highest BCUT2D eigenvalue weighted by Crippen LogP contribution is 2.12. The molecule has 0 spiro atoms. The van der Waals surface area contributed by atoms with Crippen molar-refractivity contribution in [1.82, 2.24) is 9.21 Å². The van der Waals surface area contributed by atoms with E-state index in [1.807, 2.05) is 30.3 Å². The van der Waals surface area contributed by atoms with Gasteiger partial charge in [0.1, 0.15) is 0 Å². The molecule has 28 heavy (non-hydrogen) atoms. The minimum absolute atomic E-state index is 0.0221. The second-order valence-electron chi connectivity index (χ2n) is 6.09. The Balaban J connectivity index is 1.48. The van der Waals surface area contributed by atoms with Crippen molar-refractivity contribution in [3.8, 4) is 0 Å². The lowest BCUT2D eigenvalue weighted by molar-refractivity contribution is -0.135. The van der Waals surface area contributed by atoms with Crippen LogP contribution in [0.4, 0.5) is 0 Å². The fourth-order valence-corrected chi connectivity index (χ4v) is 3.86. The van der Waals surface area contributed by atoms with Crippen molar-refractivity contribution in [2.24, 2.45) is 0 Å². The van der Waals surface area contributed by atoms with E-state index < -0.39 is 22.6 Å². The van der Waals surface area contributed by atoms with Crippen molar-refractivity contribution in [3.05, 3.63) is 65.5 Å². The highest BCUT2D eigenvalue weighted by Gasteiger charge is 2.27. The molecular weight excluding hydrogens is 384 g/mol. The zero-order valence-corrected chi connectivity index (χ0v) is 15.9. The number of ether oxygens (including phenoxy) is 1. The zero-order chi connectivity index (χ0) is 20.0. The van der Waals surface area contributed by atoms with Crippen molar-refractivity contribution in [1.29, 1.82) is 0 Å². The largest absolute Gasteiger partial charge is 0.457 e. The second kappa shape index (κ2) is 8.85. The minimum Gasteiger partial charge on any atom is -0.457 e. The summed E-state index contributed by atoms with van der Waals surface area (Å²) in [5.41, 5.74) is 0.790. The molecule has 1 fully saturated rings. The summed E-state index contributed by atoms with van der Waals surface area (Å²) in [5.74, 6) is -1.07. The smallest absolute Gasteiger partial charge is 0.374 e. The van der Waals surface area contributed by atoms with Crippen LogP contribution in [0.1, 0.15) is 16.1 Å². The van der Waals surface area contributed by atoms with Crippen LogP contribution in [0.2, 0.25) is 0 Å². The molecule has 0 unspecified atom stereocenters.